The Morgan fingerprint density at radius 3 is 2.53 bits per heavy atom. The molecule has 0 atom stereocenters. The van der Waals surface area contributed by atoms with Crippen molar-refractivity contribution in [1.29, 1.82) is 0 Å². The average molecular weight is 278 g/mol. The highest BCUT2D eigenvalue weighted by molar-refractivity contribution is 7.89. The first-order valence-electron chi connectivity index (χ1n) is 6.26. The van der Waals surface area contributed by atoms with Gasteiger partial charge in [-0.05, 0) is 30.5 Å². The fourth-order valence-corrected chi connectivity index (χ4v) is 2.81. The van der Waals surface area contributed by atoms with Crippen molar-refractivity contribution in [3.63, 3.8) is 0 Å². The lowest BCUT2D eigenvalue weighted by Gasteiger charge is -2.14. The molecule has 0 unspecified atom stereocenters. The van der Waals surface area contributed by atoms with Crippen LogP contribution in [0.25, 0.3) is 0 Å². The van der Waals surface area contributed by atoms with Crippen LogP contribution < -0.4 is 5.32 Å². The number of rotatable bonds is 6. The minimum atomic E-state index is -3.47. The number of sulfonamides is 1. The van der Waals surface area contributed by atoms with E-state index in [9.17, 15) is 8.42 Å². The van der Waals surface area contributed by atoms with Gasteiger partial charge in [0.2, 0.25) is 10.0 Å². The van der Waals surface area contributed by atoms with E-state index in [4.69, 9.17) is 6.42 Å². The third kappa shape index (κ3) is 3.57. The Balaban J connectivity index is 2.06. The van der Waals surface area contributed by atoms with Gasteiger partial charge in [0.1, 0.15) is 0 Å². The predicted octanol–water partition coefficient (Wildman–Crippen LogP) is 1.19. The minimum absolute atomic E-state index is 0.0767. The maximum Gasteiger partial charge on any atom is 0.243 e. The first-order valence-corrected chi connectivity index (χ1v) is 7.70. The Labute approximate surface area is 114 Å². The van der Waals surface area contributed by atoms with Gasteiger partial charge in [-0.15, -0.1) is 6.42 Å². The standard InChI is InChI=1S/C14H18N2O2S/c1-3-10-16(2)19(17,18)14-8-4-12(5-9-14)11-15-13-6-7-13/h1,4-5,8-9,13,15H,6-7,10-11H2,2H3. The molecule has 1 fully saturated rings. The lowest BCUT2D eigenvalue weighted by molar-refractivity contribution is 0.503. The van der Waals surface area contributed by atoms with Gasteiger partial charge in [-0.3, -0.25) is 0 Å². The van der Waals surface area contributed by atoms with Gasteiger partial charge < -0.3 is 5.32 Å². The van der Waals surface area contributed by atoms with Gasteiger partial charge in [0, 0.05) is 19.6 Å². The summed E-state index contributed by atoms with van der Waals surface area (Å²) < 4.78 is 25.4. The van der Waals surface area contributed by atoms with Gasteiger partial charge in [-0.25, -0.2) is 8.42 Å². The summed E-state index contributed by atoms with van der Waals surface area (Å²) in [5, 5.41) is 3.39. The van der Waals surface area contributed by atoms with Crippen molar-refractivity contribution in [2.75, 3.05) is 13.6 Å². The van der Waals surface area contributed by atoms with E-state index in [1.165, 1.54) is 24.2 Å². The van der Waals surface area contributed by atoms with E-state index in [1.807, 2.05) is 12.1 Å². The summed E-state index contributed by atoms with van der Waals surface area (Å²) in [5.41, 5.74) is 1.09. The van der Waals surface area contributed by atoms with Gasteiger partial charge in [0.15, 0.2) is 0 Å². The second-order valence-electron chi connectivity index (χ2n) is 4.76. The largest absolute Gasteiger partial charge is 0.310 e. The number of benzene rings is 1. The number of hydrogen-bond donors (Lipinski definition) is 1. The number of nitrogens with zero attached hydrogens (tertiary/aromatic N) is 1. The van der Waals surface area contributed by atoms with E-state index >= 15 is 0 Å². The first-order chi connectivity index (χ1) is 9.04. The monoisotopic (exact) mass is 278 g/mol. The Bertz CT molecular complexity index is 568. The van der Waals surface area contributed by atoms with Crippen molar-refractivity contribution in [2.24, 2.45) is 0 Å². The zero-order valence-corrected chi connectivity index (χ0v) is 11.8. The molecule has 0 amide bonds. The summed E-state index contributed by atoms with van der Waals surface area (Å²) in [6.45, 7) is 0.860. The smallest absolute Gasteiger partial charge is 0.243 e. The normalized spacial score (nSPS) is 15.4. The molecule has 4 nitrogen and oxygen atoms in total. The summed E-state index contributed by atoms with van der Waals surface area (Å²) >= 11 is 0. The molecule has 0 spiro atoms. The van der Waals surface area contributed by atoms with Crippen LogP contribution in [0.1, 0.15) is 18.4 Å². The molecule has 102 valence electrons. The third-order valence-electron chi connectivity index (χ3n) is 3.12. The van der Waals surface area contributed by atoms with Crippen LogP contribution in [0.3, 0.4) is 0 Å². The molecule has 19 heavy (non-hydrogen) atoms. The van der Waals surface area contributed by atoms with Gasteiger partial charge in [-0.2, -0.15) is 4.31 Å². The van der Waals surface area contributed by atoms with Crippen LogP contribution >= 0.6 is 0 Å². The van der Waals surface area contributed by atoms with Gasteiger partial charge in [-0.1, -0.05) is 18.1 Å². The predicted molar refractivity (Wildman–Crippen MR) is 75.0 cm³/mol. The highest BCUT2D eigenvalue weighted by atomic mass is 32.2. The van der Waals surface area contributed by atoms with Crippen molar-refractivity contribution < 1.29 is 8.42 Å². The van der Waals surface area contributed by atoms with Crippen molar-refractivity contribution >= 4 is 10.0 Å². The molecule has 0 bridgehead atoms. The first kappa shape index (κ1) is 14.1. The Kier molecular flexibility index (Phi) is 4.25. The molecule has 1 aliphatic carbocycles. The molecular weight excluding hydrogens is 260 g/mol. The maximum absolute atomic E-state index is 12.1. The molecule has 5 heteroatoms. The third-order valence-corrected chi connectivity index (χ3v) is 4.94. The quantitative estimate of drug-likeness (QED) is 0.795. The average Bonchev–Trinajstić information content (AvgIpc) is 3.21. The summed E-state index contributed by atoms with van der Waals surface area (Å²) in [7, 11) is -1.98. The molecule has 0 aliphatic heterocycles. The van der Waals surface area contributed by atoms with Crippen LogP contribution in [0.4, 0.5) is 0 Å². The van der Waals surface area contributed by atoms with Crippen molar-refractivity contribution in [2.45, 2.75) is 30.3 Å². The van der Waals surface area contributed by atoms with Crippen molar-refractivity contribution in [3.8, 4) is 12.3 Å². The Hall–Kier alpha value is -1.35. The number of hydrogen-bond acceptors (Lipinski definition) is 3. The molecule has 0 aromatic heterocycles. The zero-order valence-electron chi connectivity index (χ0n) is 11.0. The van der Waals surface area contributed by atoms with Crippen LogP contribution in [0.15, 0.2) is 29.2 Å². The molecule has 1 N–H and O–H groups in total. The molecule has 2 rings (SSSR count). The fourth-order valence-electron chi connectivity index (χ4n) is 1.72. The fraction of sp³-hybridized carbons (Fsp3) is 0.429. The van der Waals surface area contributed by atoms with Crippen LogP contribution in [0.5, 0.6) is 0 Å². The lowest BCUT2D eigenvalue weighted by atomic mass is 10.2. The minimum Gasteiger partial charge on any atom is -0.310 e. The molecule has 0 saturated heterocycles. The number of terminal acetylenes is 1. The Morgan fingerprint density at radius 1 is 1.37 bits per heavy atom. The van der Waals surface area contributed by atoms with Crippen LogP contribution in [0.2, 0.25) is 0 Å². The van der Waals surface area contributed by atoms with E-state index < -0.39 is 10.0 Å². The van der Waals surface area contributed by atoms with Gasteiger partial charge in [0.05, 0.1) is 11.4 Å². The van der Waals surface area contributed by atoms with E-state index in [0.29, 0.717) is 6.04 Å². The van der Waals surface area contributed by atoms with Crippen LogP contribution in [-0.2, 0) is 16.6 Å². The molecule has 0 radical (unpaired) electrons. The summed E-state index contributed by atoms with van der Waals surface area (Å²) in [6.07, 6.45) is 7.62. The summed E-state index contributed by atoms with van der Waals surface area (Å²) in [6, 6.07) is 7.58. The highest BCUT2D eigenvalue weighted by Crippen LogP contribution is 2.20. The zero-order chi connectivity index (χ0) is 13.9. The molecule has 0 heterocycles. The number of nitrogens with one attached hydrogen (secondary N) is 1. The van der Waals surface area contributed by atoms with E-state index in [2.05, 4.69) is 11.2 Å². The molecule has 1 aromatic rings. The van der Waals surface area contributed by atoms with Crippen molar-refractivity contribution in [3.05, 3.63) is 29.8 Å². The lowest BCUT2D eigenvalue weighted by Crippen LogP contribution is -2.27. The molecular formula is C14H18N2O2S. The molecule has 1 aromatic carbocycles. The van der Waals surface area contributed by atoms with E-state index in [-0.39, 0.29) is 11.4 Å². The summed E-state index contributed by atoms with van der Waals surface area (Å²) in [4.78, 5) is 0.278. The SMILES string of the molecule is C#CCN(C)S(=O)(=O)c1ccc(CNC2CC2)cc1. The van der Waals surface area contributed by atoms with Gasteiger partial charge in [0.25, 0.3) is 0 Å². The van der Waals surface area contributed by atoms with Crippen LogP contribution in [-0.4, -0.2) is 32.4 Å². The maximum atomic E-state index is 12.1. The second kappa shape index (κ2) is 5.74. The van der Waals surface area contributed by atoms with Gasteiger partial charge >= 0.3 is 0 Å². The topological polar surface area (TPSA) is 49.4 Å². The molecule has 1 aliphatic rings. The summed E-state index contributed by atoms with van der Waals surface area (Å²) in [5.74, 6) is 2.33. The van der Waals surface area contributed by atoms with E-state index in [1.54, 1.807) is 12.1 Å². The molecule has 1 saturated carbocycles. The van der Waals surface area contributed by atoms with Crippen LogP contribution in [0, 0.1) is 12.3 Å². The van der Waals surface area contributed by atoms with E-state index in [0.717, 1.165) is 12.1 Å². The highest BCUT2D eigenvalue weighted by Gasteiger charge is 2.21. The second-order valence-corrected chi connectivity index (χ2v) is 6.81. The van der Waals surface area contributed by atoms with Crippen molar-refractivity contribution in [1.82, 2.24) is 9.62 Å². The Morgan fingerprint density at radius 2 is 2.00 bits per heavy atom.